The van der Waals surface area contributed by atoms with Crippen molar-refractivity contribution < 1.29 is 24.4 Å². The van der Waals surface area contributed by atoms with Crippen LogP contribution in [0.2, 0.25) is 0 Å². The summed E-state index contributed by atoms with van der Waals surface area (Å²) in [6.45, 7) is 11.1. The Kier molecular flexibility index (Phi) is 10.5. The van der Waals surface area contributed by atoms with Gasteiger partial charge in [-0.25, -0.2) is 0 Å². The molecule has 3 aliphatic carbocycles. The number of nitrogens with zero attached hydrogens (tertiary/aromatic N) is 2. The van der Waals surface area contributed by atoms with Gasteiger partial charge >= 0.3 is 11.9 Å². The number of unbranched alkanes of at least 4 members (excludes halogenated alkanes) is 4. The van der Waals surface area contributed by atoms with Crippen molar-refractivity contribution in [1.29, 1.82) is 0 Å². The van der Waals surface area contributed by atoms with Crippen LogP contribution in [0.5, 0.6) is 0 Å². The zero-order valence-electron chi connectivity index (χ0n) is 30.3. The summed E-state index contributed by atoms with van der Waals surface area (Å²) in [5, 5.41) is 19.0. The van der Waals surface area contributed by atoms with E-state index in [4.69, 9.17) is 21.8 Å². The smallest absolute Gasteiger partial charge is 0.303 e. The molecule has 2 bridgehead atoms. The number of halogens is 1. The molecule has 50 heavy (non-hydrogen) atoms. The van der Waals surface area contributed by atoms with Crippen molar-refractivity contribution in [2.75, 3.05) is 13.1 Å². The van der Waals surface area contributed by atoms with Crippen molar-refractivity contribution in [1.82, 2.24) is 4.90 Å². The minimum atomic E-state index is -0.728. The number of carboxylic acids is 2. The molecule has 2 unspecified atom stereocenters. The number of rotatable bonds is 15. The predicted octanol–water partition coefficient (Wildman–Crippen LogP) is 9.99. The molecule has 2 N–H and O–H groups in total. The van der Waals surface area contributed by atoms with Gasteiger partial charge in [-0.3, -0.25) is 9.59 Å². The van der Waals surface area contributed by atoms with Crippen LogP contribution in [0, 0.1) is 10.8 Å². The molecule has 1 aromatic rings. The molecule has 266 valence electrons. The fourth-order valence-electron chi connectivity index (χ4n) is 9.32. The van der Waals surface area contributed by atoms with Gasteiger partial charge in [0.15, 0.2) is 5.71 Å². The summed E-state index contributed by atoms with van der Waals surface area (Å²) in [6, 6.07) is 9.03. The Morgan fingerprint density at radius 1 is 0.940 bits per heavy atom. The van der Waals surface area contributed by atoms with E-state index < -0.39 is 11.9 Å². The van der Waals surface area contributed by atoms with Crippen LogP contribution in [0.25, 0.3) is 0 Å². The molecule has 1 saturated heterocycles. The second kappa shape index (κ2) is 14.5. The average molecular weight is 698 g/mol. The third-order valence-corrected chi connectivity index (χ3v) is 12.7. The van der Waals surface area contributed by atoms with Gasteiger partial charge in [-0.15, -0.1) is 0 Å². The van der Waals surface area contributed by atoms with E-state index in [1.165, 1.54) is 39.4 Å². The van der Waals surface area contributed by atoms with Gasteiger partial charge in [0.2, 0.25) is 5.69 Å². The number of carbonyl (C=O) groups is 2. The Balaban J connectivity index is 1.26. The summed E-state index contributed by atoms with van der Waals surface area (Å²) < 4.78 is 2.43. The van der Waals surface area contributed by atoms with Crippen LogP contribution in [-0.4, -0.2) is 56.5 Å². The van der Waals surface area contributed by atoms with Crippen molar-refractivity contribution >= 4 is 34.9 Å². The van der Waals surface area contributed by atoms with E-state index in [-0.39, 0.29) is 29.1 Å². The van der Waals surface area contributed by atoms with Crippen molar-refractivity contribution in [3.8, 4) is 0 Å². The molecule has 2 atom stereocenters. The molecule has 0 amide bonds. The second-order valence-corrected chi connectivity index (χ2v) is 16.3. The Morgan fingerprint density at radius 3 is 2.38 bits per heavy atom. The molecule has 7 heteroatoms. The van der Waals surface area contributed by atoms with Gasteiger partial charge in [0.25, 0.3) is 0 Å². The van der Waals surface area contributed by atoms with Crippen LogP contribution < -0.4 is 0 Å². The lowest BCUT2D eigenvalue weighted by molar-refractivity contribution is -0.438. The van der Waals surface area contributed by atoms with E-state index in [2.05, 4.69) is 104 Å². The zero-order valence-corrected chi connectivity index (χ0v) is 31.1. The number of hydrogen-bond acceptors (Lipinski definition) is 3. The van der Waals surface area contributed by atoms with Crippen molar-refractivity contribution in [2.45, 2.75) is 116 Å². The quantitative estimate of drug-likeness (QED) is 0.141. The molecule has 5 aliphatic rings. The maximum Gasteiger partial charge on any atom is 0.303 e. The summed E-state index contributed by atoms with van der Waals surface area (Å²) in [6.07, 6.45) is 25.8. The maximum absolute atomic E-state index is 11.1. The minimum absolute atomic E-state index is 0.0333. The van der Waals surface area contributed by atoms with Crippen molar-refractivity contribution in [2.24, 2.45) is 10.8 Å². The summed E-state index contributed by atoms with van der Waals surface area (Å²) in [5.41, 5.74) is 8.94. The summed E-state index contributed by atoms with van der Waals surface area (Å²) in [4.78, 5) is 24.7. The summed E-state index contributed by atoms with van der Waals surface area (Å²) in [5.74, 6) is -1.44. The molecule has 2 heterocycles. The number of para-hydroxylation sites is 1. The Morgan fingerprint density at radius 2 is 1.66 bits per heavy atom. The fourth-order valence-corrected chi connectivity index (χ4v) is 9.64. The number of aliphatic carboxylic acids is 2. The van der Waals surface area contributed by atoms with Gasteiger partial charge in [0.05, 0.1) is 11.5 Å². The van der Waals surface area contributed by atoms with Crippen LogP contribution in [0.3, 0.4) is 0 Å². The van der Waals surface area contributed by atoms with E-state index in [0.717, 1.165) is 75.9 Å². The Hall–Kier alpha value is -3.64. The van der Waals surface area contributed by atoms with Crippen molar-refractivity contribution in [3.05, 3.63) is 99.8 Å². The highest BCUT2D eigenvalue weighted by Crippen LogP contribution is 2.69. The van der Waals surface area contributed by atoms with Crippen LogP contribution in [0.15, 0.2) is 94.2 Å². The SMILES string of the molecule is CC1(C)C(/C=C/C2=C(Cl)C(=C/C=C3/N(CCCCCC(=O)O)C4C5=CC=CC4(C5)C3(C)C)/CCC2)=[N+](CCCCCC(=O)O)c2ccccc21. The lowest BCUT2D eigenvalue weighted by Crippen LogP contribution is -2.54. The van der Waals surface area contributed by atoms with E-state index in [9.17, 15) is 9.59 Å². The summed E-state index contributed by atoms with van der Waals surface area (Å²) >= 11 is 7.25. The zero-order chi connectivity index (χ0) is 35.7. The Bertz CT molecular complexity index is 1750. The first-order valence-corrected chi connectivity index (χ1v) is 19.1. The highest BCUT2D eigenvalue weighted by atomic mass is 35.5. The van der Waals surface area contributed by atoms with Gasteiger partial charge < -0.3 is 15.1 Å². The largest absolute Gasteiger partial charge is 0.481 e. The Labute approximate surface area is 303 Å². The lowest BCUT2D eigenvalue weighted by atomic mass is 9.50. The second-order valence-electron chi connectivity index (χ2n) is 15.9. The number of allylic oxidation sites excluding steroid dienone is 10. The van der Waals surface area contributed by atoms with E-state index in [1.54, 1.807) is 0 Å². The number of fused-ring (bicyclic) bond motifs is 1. The van der Waals surface area contributed by atoms with Crippen LogP contribution in [0.1, 0.15) is 110 Å². The van der Waals surface area contributed by atoms with Gasteiger partial charge in [-0.05, 0) is 88.0 Å². The number of hydrogen-bond donors (Lipinski definition) is 2. The molecular formula is C43H54ClN2O4+. The number of carboxylic acid groups (broad SMARTS) is 2. The molecule has 0 spiro atoms. The fraction of sp³-hybridized carbons (Fsp3) is 0.512. The third kappa shape index (κ3) is 6.61. The molecule has 2 aliphatic heterocycles. The third-order valence-electron chi connectivity index (χ3n) is 12.2. The van der Waals surface area contributed by atoms with Gasteiger partial charge in [-0.2, -0.15) is 4.58 Å². The van der Waals surface area contributed by atoms with Crippen molar-refractivity contribution in [3.63, 3.8) is 0 Å². The van der Waals surface area contributed by atoms with E-state index in [0.29, 0.717) is 12.5 Å². The first-order chi connectivity index (χ1) is 23.9. The first-order valence-electron chi connectivity index (χ1n) is 18.7. The number of benzene rings is 1. The summed E-state index contributed by atoms with van der Waals surface area (Å²) in [7, 11) is 0. The molecule has 0 radical (unpaired) electrons. The van der Waals surface area contributed by atoms with E-state index in [1.807, 2.05) is 0 Å². The highest BCUT2D eigenvalue weighted by molar-refractivity contribution is 6.32. The molecular weight excluding hydrogens is 644 g/mol. The van der Waals surface area contributed by atoms with Gasteiger partial charge in [-0.1, -0.05) is 80.4 Å². The van der Waals surface area contributed by atoms with Crippen LogP contribution >= 0.6 is 11.6 Å². The van der Waals surface area contributed by atoms with E-state index >= 15 is 0 Å². The predicted molar refractivity (Wildman–Crippen MR) is 202 cm³/mol. The molecule has 6 nitrogen and oxygen atoms in total. The first kappa shape index (κ1) is 36.2. The highest BCUT2D eigenvalue weighted by Gasteiger charge is 2.67. The molecule has 1 aromatic carbocycles. The number of likely N-dealkylation sites (tertiary alicyclic amines) is 1. The topological polar surface area (TPSA) is 80.9 Å². The lowest BCUT2D eigenvalue weighted by Gasteiger charge is -2.54. The monoisotopic (exact) mass is 697 g/mol. The van der Waals surface area contributed by atoms with Gasteiger partial charge in [0.1, 0.15) is 6.54 Å². The normalized spacial score (nSPS) is 26.1. The average Bonchev–Trinajstić information content (AvgIpc) is 3.37. The van der Waals surface area contributed by atoms with Crippen LogP contribution in [-0.2, 0) is 15.0 Å². The molecule has 6 rings (SSSR count). The molecule has 2 fully saturated rings. The molecule has 1 saturated carbocycles. The standard InChI is InChI=1S/C43H53ClN2O4/c1-41(2)33-18-9-10-19-34(33)45(27-11-5-7-20-37(47)48)35(41)24-22-30-15-13-16-31(39(30)44)23-25-36-42(3,4)43-26-14-17-32(29-43)40(43)46(36)28-12-6-8-21-38(49)50/h9-10,14,17-19,22-26,40H,5-8,11-13,15-16,20-21,27-29H2,1-4H3,(H-,47,48,49,50)/p+1. The minimum Gasteiger partial charge on any atom is -0.481 e. The van der Waals surface area contributed by atoms with Crippen LogP contribution in [0.4, 0.5) is 5.69 Å². The van der Waals surface area contributed by atoms with Gasteiger partial charge in [0, 0.05) is 65.1 Å². The maximum atomic E-state index is 11.1. The molecule has 0 aromatic heterocycles.